The second-order valence-corrected chi connectivity index (χ2v) is 5.14. The first-order valence-corrected chi connectivity index (χ1v) is 7.05. The fraction of sp³-hybridized carbons (Fsp3) is 0.333. The van der Waals surface area contributed by atoms with Gasteiger partial charge in [-0.25, -0.2) is 4.79 Å². The molecule has 5 nitrogen and oxygen atoms in total. The van der Waals surface area contributed by atoms with E-state index in [0.717, 1.165) is 0 Å². The first-order chi connectivity index (χ1) is 9.13. The van der Waals surface area contributed by atoms with Gasteiger partial charge in [-0.1, -0.05) is 11.6 Å². The fourth-order valence-electron chi connectivity index (χ4n) is 1.22. The van der Waals surface area contributed by atoms with Crippen molar-refractivity contribution in [1.29, 1.82) is 0 Å². The Labute approximate surface area is 120 Å². The van der Waals surface area contributed by atoms with Gasteiger partial charge in [-0.3, -0.25) is 4.79 Å². The molecule has 1 amide bonds. The number of hydrogen-bond donors (Lipinski definition) is 2. The molecule has 1 unspecified atom stereocenters. The van der Waals surface area contributed by atoms with Crippen LogP contribution in [-0.4, -0.2) is 41.6 Å². The van der Waals surface area contributed by atoms with Crippen LogP contribution in [0.15, 0.2) is 24.3 Å². The number of thioether (sulfide) groups is 1. The average Bonchev–Trinajstić information content (AvgIpc) is 2.39. The molecule has 0 aliphatic rings. The van der Waals surface area contributed by atoms with Gasteiger partial charge >= 0.3 is 5.97 Å². The Morgan fingerprint density at radius 1 is 1.47 bits per heavy atom. The Bertz CT molecular complexity index is 413. The van der Waals surface area contributed by atoms with Crippen LogP contribution < -0.4 is 10.1 Å². The molecule has 2 N–H and O–H groups in total. The Balaban J connectivity index is 2.18. The minimum Gasteiger partial charge on any atom is -0.493 e. The topological polar surface area (TPSA) is 75.6 Å². The summed E-state index contributed by atoms with van der Waals surface area (Å²) in [5.41, 5.74) is 0. The van der Waals surface area contributed by atoms with E-state index in [2.05, 4.69) is 5.32 Å². The van der Waals surface area contributed by atoms with E-state index in [-0.39, 0.29) is 0 Å². The smallest absolute Gasteiger partial charge is 0.327 e. The van der Waals surface area contributed by atoms with Gasteiger partial charge in [0, 0.05) is 16.5 Å². The maximum absolute atomic E-state index is 10.7. The highest BCUT2D eigenvalue weighted by Crippen LogP contribution is 2.15. The fourth-order valence-corrected chi connectivity index (χ4v) is 2.19. The van der Waals surface area contributed by atoms with Crippen molar-refractivity contribution in [2.75, 3.05) is 18.1 Å². The van der Waals surface area contributed by atoms with Gasteiger partial charge in [0.15, 0.2) is 0 Å². The molecule has 1 aromatic carbocycles. The molecule has 0 spiro atoms. The van der Waals surface area contributed by atoms with E-state index in [0.29, 0.717) is 35.3 Å². The molecular formula is C12H14ClNO4S. The molecule has 0 aliphatic carbocycles. The zero-order valence-electron chi connectivity index (χ0n) is 10.0. The maximum atomic E-state index is 10.7. The molecule has 0 heterocycles. The Hall–Kier alpha value is -1.40. The molecule has 0 bridgehead atoms. The lowest BCUT2D eigenvalue weighted by molar-refractivity contribution is -0.139. The number of aliphatic carboxylic acids is 1. The SMILES string of the molecule is O=CNC(CSCCOc1ccc(Cl)cc1)C(=O)O. The Kier molecular flexibility index (Phi) is 7.14. The first kappa shape index (κ1) is 15.7. The van der Waals surface area contributed by atoms with E-state index in [9.17, 15) is 9.59 Å². The van der Waals surface area contributed by atoms with Crippen LogP contribution in [0.1, 0.15) is 0 Å². The third-order valence-electron chi connectivity index (χ3n) is 2.16. The minimum absolute atomic E-state index is 0.304. The predicted octanol–water partition coefficient (Wildman–Crippen LogP) is 1.65. The van der Waals surface area contributed by atoms with E-state index in [1.807, 2.05) is 0 Å². The van der Waals surface area contributed by atoms with Crippen molar-refractivity contribution in [3.05, 3.63) is 29.3 Å². The summed E-state index contributed by atoms with van der Waals surface area (Å²) < 4.78 is 5.45. The van der Waals surface area contributed by atoms with Crippen LogP contribution >= 0.6 is 23.4 Å². The number of nitrogens with one attached hydrogen (secondary N) is 1. The van der Waals surface area contributed by atoms with Crippen molar-refractivity contribution in [1.82, 2.24) is 5.32 Å². The molecular weight excluding hydrogens is 290 g/mol. The van der Waals surface area contributed by atoms with Gasteiger partial charge < -0.3 is 15.2 Å². The van der Waals surface area contributed by atoms with Gasteiger partial charge in [-0.2, -0.15) is 11.8 Å². The highest BCUT2D eigenvalue weighted by Gasteiger charge is 2.15. The normalized spacial score (nSPS) is 11.6. The summed E-state index contributed by atoms with van der Waals surface area (Å²) in [6.45, 7) is 0.458. The van der Waals surface area contributed by atoms with Crippen LogP contribution in [0.25, 0.3) is 0 Å². The summed E-state index contributed by atoms with van der Waals surface area (Å²) in [5, 5.41) is 11.7. The Morgan fingerprint density at radius 2 is 2.16 bits per heavy atom. The van der Waals surface area contributed by atoms with E-state index in [1.54, 1.807) is 24.3 Å². The number of ether oxygens (including phenoxy) is 1. The van der Waals surface area contributed by atoms with Crippen molar-refractivity contribution >= 4 is 35.7 Å². The number of halogens is 1. The highest BCUT2D eigenvalue weighted by atomic mass is 35.5. The van der Waals surface area contributed by atoms with Crippen LogP contribution in [0.4, 0.5) is 0 Å². The molecule has 19 heavy (non-hydrogen) atoms. The van der Waals surface area contributed by atoms with Gasteiger partial charge in [-0.15, -0.1) is 0 Å². The van der Waals surface area contributed by atoms with Crippen molar-refractivity contribution in [2.24, 2.45) is 0 Å². The number of carbonyl (C=O) groups is 2. The number of carbonyl (C=O) groups excluding carboxylic acids is 1. The van der Waals surface area contributed by atoms with Crippen molar-refractivity contribution in [2.45, 2.75) is 6.04 Å². The quantitative estimate of drug-likeness (QED) is 0.536. The second-order valence-electron chi connectivity index (χ2n) is 3.55. The number of benzene rings is 1. The minimum atomic E-state index is -1.04. The number of carboxylic acids is 1. The van der Waals surface area contributed by atoms with Gasteiger partial charge in [0.2, 0.25) is 6.41 Å². The van der Waals surface area contributed by atoms with Crippen molar-refractivity contribution < 1.29 is 19.4 Å². The molecule has 104 valence electrons. The number of rotatable bonds is 9. The van der Waals surface area contributed by atoms with Crippen LogP contribution in [0.3, 0.4) is 0 Å². The zero-order valence-corrected chi connectivity index (χ0v) is 11.6. The maximum Gasteiger partial charge on any atom is 0.327 e. The molecule has 1 rings (SSSR count). The number of amides is 1. The number of carboxylic acid groups (broad SMARTS) is 1. The lowest BCUT2D eigenvalue weighted by Crippen LogP contribution is -2.38. The molecule has 0 aromatic heterocycles. The van der Waals surface area contributed by atoms with Gasteiger partial charge in [0.1, 0.15) is 11.8 Å². The van der Waals surface area contributed by atoms with Crippen LogP contribution in [0, 0.1) is 0 Å². The van der Waals surface area contributed by atoms with E-state index < -0.39 is 12.0 Å². The highest BCUT2D eigenvalue weighted by molar-refractivity contribution is 7.99. The van der Waals surface area contributed by atoms with Crippen LogP contribution in [-0.2, 0) is 9.59 Å². The predicted molar refractivity (Wildman–Crippen MR) is 74.9 cm³/mol. The number of hydrogen-bond acceptors (Lipinski definition) is 4. The summed E-state index contributed by atoms with van der Waals surface area (Å²) in [7, 11) is 0. The van der Waals surface area contributed by atoms with E-state index in [4.69, 9.17) is 21.4 Å². The van der Waals surface area contributed by atoms with Crippen LogP contribution in [0.5, 0.6) is 5.75 Å². The summed E-state index contributed by atoms with van der Waals surface area (Å²) in [5.74, 6) is 0.606. The van der Waals surface area contributed by atoms with Crippen molar-refractivity contribution in [3.63, 3.8) is 0 Å². The molecule has 1 aromatic rings. The monoisotopic (exact) mass is 303 g/mol. The lowest BCUT2D eigenvalue weighted by Gasteiger charge is -2.11. The first-order valence-electron chi connectivity index (χ1n) is 5.52. The summed E-state index contributed by atoms with van der Waals surface area (Å²) in [4.78, 5) is 20.9. The van der Waals surface area contributed by atoms with Gasteiger partial charge in [0.05, 0.1) is 6.61 Å². The van der Waals surface area contributed by atoms with Gasteiger partial charge in [0.25, 0.3) is 0 Å². The molecule has 1 atom stereocenters. The van der Waals surface area contributed by atoms with Gasteiger partial charge in [-0.05, 0) is 24.3 Å². The third-order valence-corrected chi connectivity index (χ3v) is 3.44. The molecule has 0 saturated carbocycles. The molecule has 0 fully saturated rings. The molecule has 0 aliphatic heterocycles. The summed E-state index contributed by atoms with van der Waals surface area (Å²) in [6.07, 6.45) is 0.392. The van der Waals surface area contributed by atoms with Crippen LogP contribution in [0.2, 0.25) is 5.02 Å². The lowest BCUT2D eigenvalue weighted by atomic mass is 10.3. The summed E-state index contributed by atoms with van der Waals surface area (Å²) >= 11 is 7.14. The summed E-state index contributed by atoms with van der Waals surface area (Å²) in [6, 6.07) is 6.14. The van der Waals surface area contributed by atoms with E-state index in [1.165, 1.54) is 11.8 Å². The molecule has 7 heteroatoms. The van der Waals surface area contributed by atoms with Crippen molar-refractivity contribution in [3.8, 4) is 5.75 Å². The average molecular weight is 304 g/mol. The Morgan fingerprint density at radius 3 is 2.74 bits per heavy atom. The standard InChI is InChI=1S/C12H14ClNO4S/c13-9-1-3-10(4-2-9)18-5-6-19-7-11(12(16)17)14-8-15/h1-4,8,11H,5-7H2,(H,14,15)(H,16,17). The molecule has 0 saturated heterocycles. The largest absolute Gasteiger partial charge is 0.493 e. The molecule has 0 radical (unpaired) electrons. The second kappa shape index (κ2) is 8.66. The van der Waals surface area contributed by atoms with E-state index >= 15 is 0 Å². The third kappa shape index (κ3) is 6.35. The zero-order chi connectivity index (χ0) is 14.1.